The van der Waals surface area contributed by atoms with Gasteiger partial charge in [0.2, 0.25) is 0 Å². The normalized spacial score (nSPS) is 12.8. The lowest BCUT2D eigenvalue weighted by Crippen LogP contribution is -2.07. The van der Waals surface area contributed by atoms with E-state index in [1.54, 1.807) is 6.92 Å². The average Bonchev–Trinajstić information content (AvgIpc) is 1.84. The SMILES string of the molecule is CCC(Br)C(=O)N=O. The Hall–Kier alpha value is -0.250. The maximum absolute atomic E-state index is 10.2. The van der Waals surface area contributed by atoms with Crippen molar-refractivity contribution in [2.45, 2.75) is 18.2 Å². The molecule has 8 heavy (non-hydrogen) atoms. The van der Waals surface area contributed by atoms with Gasteiger partial charge in [0.1, 0.15) is 0 Å². The van der Waals surface area contributed by atoms with E-state index in [-0.39, 0.29) is 4.83 Å². The number of nitrogens with zero attached hydrogens (tertiary/aromatic N) is 1. The summed E-state index contributed by atoms with van der Waals surface area (Å²) in [5.74, 6) is -0.632. The van der Waals surface area contributed by atoms with E-state index in [4.69, 9.17) is 0 Å². The molecule has 1 atom stereocenters. The number of rotatable bonds is 2. The molecule has 0 radical (unpaired) electrons. The number of hydrogen-bond donors (Lipinski definition) is 0. The molecule has 0 rings (SSSR count). The smallest absolute Gasteiger partial charge is 0.268 e. The highest BCUT2D eigenvalue weighted by atomic mass is 79.9. The summed E-state index contributed by atoms with van der Waals surface area (Å²) in [4.78, 5) is 19.3. The predicted molar refractivity (Wildman–Crippen MR) is 33.8 cm³/mol. The van der Waals surface area contributed by atoms with Gasteiger partial charge in [-0.2, -0.15) is 0 Å². The highest BCUT2D eigenvalue weighted by Gasteiger charge is 2.10. The predicted octanol–water partition coefficient (Wildman–Crippen LogP) is 1.45. The summed E-state index contributed by atoms with van der Waals surface area (Å²) < 4.78 is 0. The molecule has 1 amide bonds. The Labute approximate surface area is 55.6 Å². The van der Waals surface area contributed by atoms with Crippen molar-refractivity contribution in [1.82, 2.24) is 0 Å². The maximum atomic E-state index is 10.2. The van der Waals surface area contributed by atoms with Crippen molar-refractivity contribution in [3.63, 3.8) is 0 Å². The highest BCUT2D eigenvalue weighted by molar-refractivity contribution is 9.10. The van der Waals surface area contributed by atoms with Crippen molar-refractivity contribution in [2.24, 2.45) is 5.18 Å². The van der Waals surface area contributed by atoms with Crippen LogP contribution < -0.4 is 0 Å². The van der Waals surface area contributed by atoms with Crippen molar-refractivity contribution >= 4 is 21.8 Å². The van der Waals surface area contributed by atoms with Crippen LogP contribution in [0, 0.1) is 4.91 Å². The molecule has 0 aliphatic heterocycles. The van der Waals surface area contributed by atoms with Crippen LogP contribution in [0.1, 0.15) is 13.3 Å². The largest absolute Gasteiger partial charge is 0.299 e. The Morgan fingerprint density at radius 2 is 2.38 bits per heavy atom. The van der Waals surface area contributed by atoms with Crippen LogP contribution in [0.5, 0.6) is 0 Å². The molecule has 0 aliphatic carbocycles. The van der Waals surface area contributed by atoms with Crippen LogP contribution in [-0.2, 0) is 4.79 Å². The summed E-state index contributed by atoms with van der Waals surface area (Å²) in [7, 11) is 0. The molecule has 0 aromatic heterocycles. The number of carbonyl (C=O) groups excluding carboxylic acids is 1. The van der Waals surface area contributed by atoms with Crippen molar-refractivity contribution in [1.29, 1.82) is 0 Å². The first-order chi connectivity index (χ1) is 3.72. The van der Waals surface area contributed by atoms with Gasteiger partial charge in [-0.05, 0) is 6.42 Å². The lowest BCUT2D eigenvalue weighted by atomic mass is 10.3. The fourth-order valence-corrected chi connectivity index (χ4v) is 0.315. The van der Waals surface area contributed by atoms with Crippen molar-refractivity contribution in [2.75, 3.05) is 0 Å². The van der Waals surface area contributed by atoms with E-state index in [1.807, 2.05) is 0 Å². The molecule has 0 aliphatic rings. The van der Waals surface area contributed by atoms with Gasteiger partial charge < -0.3 is 0 Å². The monoisotopic (exact) mass is 179 g/mol. The van der Waals surface area contributed by atoms with Gasteiger partial charge in [-0.1, -0.05) is 22.9 Å². The van der Waals surface area contributed by atoms with E-state index in [2.05, 4.69) is 21.1 Å². The zero-order chi connectivity index (χ0) is 6.57. The van der Waals surface area contributed by atoms with Crippen molar-refractivity contribution < 1.29 is 4.79 Å². The Morgan fingerprint density at radius 1 is 1.88 bits per heavy atom. The fraction of sp³-hybridized carbons (Fsp3) is 0.750. The van der Waals surface area contributed by atoms with Crippen LogP contribution >= 0.6 is 15.9 Å². The van der Waals surface area contributed by atoms with Crippen LogP contribution in [0.3, 0.4) is 0 Å². The van der Waals surface area contributed by atoms with Gasteiger partial charge in [0.15, 0.2) is 0 Å². The average molecular weight is 180 g/mol. The molecule has 46 valence electrons. The molecule has 3 nitrogen and oxygen atoms in total. The van der Waals surface area contributed by atoms with E-state index in [1.165, 1.54) is 0 Å². The van der Waals surface area contributed by atoms with Crippen LogP contribution in [0.25, 0.3) is 0 Å². The maximum Gasteiger partial charge on any atom is 0.299 e. The van der Waals surface area contributed by atoms with E-state index in [9.17, 15) is 9.70 Å². The van der Waals surface area contributed by atoms with E-state index < -0.39 is 5.91 Å². The van der Waals surface area contributed by atoms with Crippen LogP contribution in [0.15, 0.2) is 5.18 Å². The molecule has 0 saturated heterocycles. The van der Waals surface area contributed by atoms with Crippen LogP contribution in [0.2, 0.25) is 0 Å². The number of nitroso groups, excluding NO2 is 1. The van der Waals surface area contributed by atoms with Gasteiger partial charge in [-0.3, -0.25) is 4.79 Å². The minimum absolute atomic E-state index is 0.389. The summed E-state index contributed by atoms with van der Waals surface area (Å²) in [5.41, 5.74) is 0. The Balaban J connectivity index is 3.62. The molecule has 0 aromatic carbocycles. The Kier molecular flexibility index (Phi) is 3.60. The van der Waals surface area contributed by atoms with Crippen LogP contribution in [-0.4, -0.2) is 10.7 Å². The summed E-state index contributed by atoms with van der Waals surface area (Å²) in [6, 6.07) is 0. The minimum atomic E-state index is -0.632. The molecular formula is C4H6BrNO2. The summed E-state index contributed by atoms with van der Waals surface area (Å²) in [5, 5.41) is 2.22. The third kappa shape index (κ3) is 2.16. The first kappa shape index (κ1) is 7.75. The molecule has 0 saturated carbocycles. The molecule has 0 N–H and O–H groups in total. The third-order valence-electron chi connectivity index (χ3n) is 0.716. The molecule has 0 spiro atoms. The zero-order valence-corrected chi connectivity index (χ0v) is 6.01. The topological polar surface area (TPSA) is 46.5 Å². The van der Waals surface area contributed by atoms with Gasteiger partial charge in [0.25, 0.3) is 5.91 Å². The second-order valence-electron chi connectivity index (χ2n) is 1.31. The van der Waals surface area contributed by atoms with E-state index in [0.29, 0.717) is 6.42 Å². The molecule has 0 aromatic rings. The zero-order valence-electron chi connectivity index (χ0n) is 4.43. The molecule has 0 bridgehead atoms. The summed E-state index contributed by atoms with van der Waals surface area (Å²) in [6.45, 7) is 1.79. The molecule has 0 heterocycles. The second-order valence-corrected chi connectivity index (χ2v) is 2.41. The molecule has 4 heteroatoms. The molecule has 1 unspecified atom stereocenters. The number of halogens is 1. The Bertz CT molecular complexity index is 104. The minimum Gasteiger partial charge on any atom is -0.268 e. The van der Waals surface area contributed by atoms with Gasteiger partial charge in [-0.25, -0.2) is 0 Å². The number of amides is 1. The van der Waals surface area contributed by atoms with E-state index >= 15 is 0 Å². The molecular weight excluding hydrogens is 174 g/mol. The Morgan fingerprint density at radius 3 is 2.50 bits per heavy atom. The lowest BCUT2D eigenvalue weighted by molar-refractivity contribution is -0.117. The first-order valence-electron chi connectivity index (χ1n) is 2.23. The second kappa shape index (κ2) is 3.72. The number of hydrogen-bond acceptors (Lipinski definition) is 2. The summed E-state index contributed by atoms with van der Waals surface area (Å²) in [6.07, 6.45) is 0.602. The van der Waals surface area contributed by atoms with Crippen LogP contribution in [0.4, 0.5) is 0 Å². The number of carbonyl (C=O) groups is 1. The fourth-order valence-electron chi connectivity index (χ4n) is 0.232. The molecule has 0 fully saturated rings. The van der Waals surface area contributed by atoms with Crippen molar-refractivity contribution in [3.8, 4) is 0 Å². The van der Waals surface area contributed by atoms with E-state index in [0.717, 1.165) is 0 Å². The van der Waals surface area contributed by atoms with Crippen molar-refractivity contribution in [3.05, 3.63) is 4.91 Å². The van der Waals surface area contributed by atoms with Gasteiger partial charge >= 0.3 is 0 Å². The quantitative estimate of drug-likeness (QED) is 0.476. The van der Waals surface area contributed by atoms with Gasteiger partial charge in [-0.15, -0.1) is 4.91 Å². The highest BCUT2D eigenvalue weighted by Crippen LogP contribution is 2.04. The standard InChI is InChI=1S/C4H6BrNO2/c1-2-3(5)4(7)6-8/h3H,2H2,1H3. The van der Waals surface area contributed by atoms with Gasteiger partial charge in [0, 0.05) is 5.18 Å². The first-order valence-corrected chi connectivity index (χ1v) is 3.15. The summed E-state index contributed by atoms with van der Waals surface area (Å²) >= 11 is 2.96. The lowest BCUT2D eigenvalue weighted by Gasteiger charge is -1.93. The third-order valence-corrected chi connectivity index (χ3v) is 1.76. The van der Waals surface area contributed by atoms with Gasteiger partial charge in [0.05, 0.1) is 4.83 Å². The number of alkyl halides is 1.